The molecule has 5 aromatic rings. The molecule has 3 aromatic carbocycles. The van der Waals surface area contributed by atoms with Gasteiger partial charge in [0.05, 0.1) is 20.5 Å². The Morgan fingerprint density at radius 1 is 0.778 bits per heavy atom. The van der Waals surface area contributed by atoms with Gasteiger partial charge in [-0.1, -0.05) is 54.6 Å². The number of nitrogens with zero attached hydrogens (tertiary/aromatic N) is 4. The van der Waals surface area contributed by atoms with Crippen molar-refractivity contribution in [2.24, 2.45) is 0 Å². The van der Waals surface area contributed by atoms with Crippen molar-refractivity contribution < 1.29 is 9.47 Å². The Morgan fingerprint density at radius 3 is 1.92 bits per heavy atom. The first-order valence-electron chi connectivity index (χ1n) is 11.5. The lowest BCUT2D eigenvalue weighted by Crippen LogP contribution is -2.38. The van der Waals surface area contributed by atoms with Crippen LogP contribution in [0.25, 0.3) is 11.2 Å². The standard InChI is InChI=1S/C28H26ClN5O2/c1-35-23-12-8-21(9-13-23)28(20-6-4-3-5-7-20,22-10-14-24(36-2)15-11-22)33-26-25-27(31-18-30-26)34(17-16-29)19-32-25/h3-15,18-19H,16-17H2,1-2H3,(H,30,31,33). The van der Waals surface area contributed by atoms with E-state index in [9.17, 15) is 0 Å². The molecule has 0 aliphatic carbocycles. The molecule has 0 radical (unpaired) electrons. The molecule has 0 aliphatic rings. The maximum atomic E-state index is 6.00. The van der Waals surface area contributed by atoms with Crippen molar-refractivity contribution in [2.45, 2.75) is 12.1 Å². The van der Waals surface area contributed by atoms with Crippen molar-refractivity contribution in [2.75, 3.05) is 25.4 Å². The third kappa shape index (κ3) is 4.22. The van der Waals surface area contributed by atoms with Crippen LogP contribution < -0.4 is 14.8 Å². The van der Waals surface area contributed by atoms with Gasteiger partial charge in [-0.05, 0) is 41.0 Å². The van der Waals surface area contributed by atoms with Gasteiger partial charge in [-0.15, -0.1) is 11.6 Å². The Bertz CT molecular complexity index is 1390. The molecule has 0 saturated heterocycles. The monoisotopic (exact) mass is 499 g/mol. The van der Waals surface area contributed by atoms with Gasteiger partial charge in [0.2, 0.25) is 0 Å². The summed E-state index contributed by atoms with van der Waals surface area (Å²) in [5, 5.41) is 3.77. The quantitative estimate of drug-likeness (QED) is 0.214. The van der Waals surface area contributed by atoms with Crippen LogP contribution in [0.15, 0.2) is 91.5 Å². The number of anilines is 1. The summed E-state index contributed by atoms with van der Waals surface area (Å²) in [5.74, 6) is 2.63. The van der Waals surface area contributed by atoms with E-state index in [2.05, 4.69) is 56.7 Å². The van der Waals surface area contributed by atoms with Crippen LogP contribution in [-0.4, -0.2) is 39.6 Å². The number of methoxy groups -OCH3 is 2. The first-order chi connectivity index (χ1) is 17.7. The summed E-state index contributed by atoms with van der Waals surface area (Å²) in [6.45, 7) is 0.606. The summed E-state index contributed by atoms with van der Waals surface area (Å²) in [6.07, 6.45) is 3.30. The van der Waals surface area contributed by atoms with E-state index < -0.39 is 5.54 Å². The lowest BCUT2D eigenvalue weighted by atomic mass is 9.77. The molecule has 0 aliphatic heterocycles. The number of hydrogen-bond acceptors (Lipinski definition) is 6. The highest BCUT2D eigenvalue weighted by Crippen LogP contribution is 2.41. The molecule has 182 valence electrons. The number of benzene rings is 3. The van der Waals surface area contributed by atoms with E-state index in [-0.39, 0.29) is 0 Å². The topological polar surface area (TPSA) is 74.1 Å². The SMILES string of the molecule is COc1ccc(C(Nc2ncnc3c2ncn3CCCl)(c2ccccc2)c2ccc(OC)cc2)cc1. The molecular weight excluding hydrogens is 474 g/mol. The van der Waals surface area contributed by atoms with Gasteiger partial charge in [-0.25, -0.2) is 15.0 Å². The van der Waals surface area contributed by atoms with Crippen molar-refractivity contribution in [1.29, 1.82) is 0 Å². The fraction of sp³-hybridized carbons (Fsp3) is 0.179. The average molecular weight is 500 g/mol. The third-order valence-electron chi connectivity index (χ3n) is 6.29. The van der Waals surface area contributed by atoms with E-state index in [1.165, 1.54) is 0 Å². The number of hydrogen-bond donors (Lipinski definition) is 1. The molecule has 7 nitrogen and oxygen atoms in total. The lowest BCUT2D eigenvalue weighted by Gasteiger charge is -2.37. The Kier molecular flexibility index (Phi) is 6.73. The molecule has 36 heavy (non-hydrogen) atoms. The summed E-state index contributed by atoms with van der Waals surface area (Å²) < 4.78 is 12.8. The zero-order valence-electron chi connectivity index (χ0n) is 20.1. The lowest BCUT2D eigenvalue weighted by molar-refractivity contribution is 0.414. The van der Waals surface area contributed by atoms with Crippen LogP contribution in [0.5, 0.6) is 11.5 Å². The molecule has 0 bridgehead atoms. The zero-order chi connectivity index (χ0) is 25.0. The Hall–Kier alpha value is -4.10. The van der Waals surface area contributed by atoms with E-state index in [1.54, 1.807) is 26.9 Å². The zero-order valence-corrected chi connectivity index (χ0v) is 20.8. The highest BCUT2D eigenvalue weighted by molar-refractivity contribution is 6.17. The van der Waals surface area contributed by atoms with Gasteiger partial charge >= 0.3 is 0 Å². The van der Waals surface area contributed by atoms with Gasteiger partial charge in [0.25, 0.3) is 0 Å². The van der Waals surface area contributed by atoms with Gasteiger partial charge in [0.15, 0.2) is 11.5 Å². The second-order valence-electron chi connectivity index (χ2n) is 8.22. The van der Waals surface area contributed by atoms with Gasteiger partial charge < -0.3 is 19.4 Å². The van der Waals surface area contributed by atoms with E-state index in [0.717, 1.165) is 33.8 Å². The molecule has 0 unspecified atom stereocenters. The highest BCUT2D eigenvalue weighted by Gasteiger charge is 2.37. The summed E-state index contributed by atoms with van der Waals surface area (Å²) in [5.41, 5.74) is 3.63. The number of ether oxygens (including phenoxy) is 2. The maximum absolute atomic E-state index is 6.00. The van der Waals surface area contributed by atoms with E-state index in [4.69, 9.17) is 21.1 Å². The molecule has 2 heterocycles. The number of aromatic nitrogens is 4. The molecule has 5 rings (SSSR count). The molecule has 8 heteroatoms. The van der Waals surface area contributed by atoms with Gasteiger partial charge in [0, 0.05) is 12.4 Å². The van der Waals surface area contributed by atoms with Crippen LogP contribution in [0.4, 0.5) is 5.82 Å². The van der Waals surface area contributed by atoms with Crippen LogP contribution in [0.2, 0.25) is 0 Å². The minimum atomic E-state index is -0.808. The first kappa shape index (κ1) is 23.6. The van der Waals surface area contributed by atoms with Crippen molar-refractivity contribution in [3.63, 3.8) is 0 Å². The van der Waals surface area contributed by atoms with E-state index in [0.29, 0.717) is 23.8 Å². The first-order valence-corrected chi connectivity index (χ1v) is 12.1. The number of halogens is 1. The normalized spacial score (nSPS) is 11.4. The summed E-state index contributed by atoms with van der Waals surface area (Å²) in [7, 11) is 3.33. The van der Waals surface area contributed by atoms with Crippen LogP contribution in [0.1, 0.15) is 16.7 Å². The number of alkyl halides is 1. The minimum absolute atomic E-state index is 0.462. The van der Waals surface area contributed by atoms with Crippen LogP contribution in [-0.2, 0) is 12.1 Å². The van der Waals surface area contributed by atoms with Crippen molar-refractivity contribution in [1.82, 2.24) is 19.5 Å². The van der Waals surface area contributed by atoms with Gasteiger partial charge in [-0.3, -0.25) is 0 Å². The molecule has 0 amide bonds. The molecule has 0 fully saturated rings. The second-order valence-corrected chi connectivity index (χ2v) is 8.60. The predicted octanol–water partition coefficient (Wildman–Crippen LogP) is 5.49. The molecule has 0 saturated carbocycles. The summed E-state index contributed by atoms with van der Waals surface area (Å²) in [4.78, 5) is 13.7. The number of nitrogens with one attached hydrogen (secondary N) is 1. The number of rotatable bonds is 9. The van der Waals surface area contributed by atoms with Gasteiger partial charge in [-0.2, -0.15) is 0 Å². The third-order valence-corrected chi connectivity index (χ3v) is 6.45. The Labute approximate surface area is 214 Å². The average Bonchev–Trinajstić information content (AvgIpc) is 3.36. The number of imidazole rings is 1. The Morgan fingerprint density at radius 2 is 1.36 bits per heavy atom. The molecule has 2 aromatic heterocycles. The van der Waals surface area contributed by atoms with Crippen LogP contribution in [0, 0.1) is 0 Å². The van der Waals surface area contributed by atoms with Crippen molar-refractivity contribution in [3.05, 3.63) is 108 Å². The van der Waals surface area contributed by atoms with Crippen molar-refractivity contribution >= 4 is 28.6 Å². The fourth-order valence-corrected chi connectivity index (χ4v) is 4.67. The maximum Gasteiger partial charge on any atom is 0.165 e. The summed E-state index contributed by atoms with van der Waals surface area (Å²) in [6, 6.07) is 26.4. The van der Waals surface area contributed by atoms with Crippen LogP contribution >= 0.6 is 11.6 Å². The Balaban J connectivity index is 1.77. The summed E-state index contributed by atoms with van der Waals surface area (Å²) >= 11 is 6.00. The largest absolute Gasteiger partial charge is 0.497 e. The van der Waals surface area contributed by atoms with Crippen molar-refractivity contribution in [3.8, 4) is 11.5 Å². The minimum Gasteiger partial charge on any atom is -0.497 e. The smallest absolute Gasteiger partial charge is 0.165 e. The molecular formula is C28H26ClN5O2. The molecule has 0 spiro atoms. The molecule has 1 N–H and O–H groups in total. The number of aryl methyl sites for hydroxylation is 1. The predicted molar refractivity (Wildman–Crippen MR) is 142 cm³/mol. The van der Waals surface area contributed by atoms with Gasteiger partial charge in [0.1, 0.15) is 28.9 Å². The van der Waals surface area contributed by atoms with E-state index in [1.807, 2.05) is 47.0 Å². The number of fused-ring (bicyclic) bond motifs is 1. The molecule has 0 atom stereocenters. The highest BCUT2D eigenvalue weighted by atomic mass is 35.5. The van der Waals surface area contributed by atoms with Crippen LogP contribution in [0.3, 0.4) is 0 Å². The fourth-order valence-electron chi connectivity index (χ4n) is 4.49. The second kappa shape index (κ2) is 10.3. The van der Waals surface area contributed by atoms with E-state index >= 15 is 0 Å².